The Balaban J connectivity index is 2.80. The molecule has 0 aliphatic carbocycles. The van der Waals surface area contributed by atoms with Gasteiger partial charge in [-0.25, -0.2) is 0 Å². The first-order valence-electron chi connectivity index (χ1n) is 0.831. The van der Waals surface area contributed by atoms with Crippen molar-refractivity contribution >= 4 is 0 Å². The van der Waals surface area contributed by atoms with Crippen molar-refractivity contribution in [3.63, 3.8) is 0 Å². The first-order chi connectivity index (χ1) is 1.73. The quantitative estimate of drug-likeness (QED) is 0.403. The lowest BCUT2D eigenvalue weighted by atomic mass is 11.0. The number of rotatable bonds is 0. The van der Waals surface area contributed by atoms with Crippen LogP contribution in [0.3, 0.4) is 0 Å². The molecule has 24 valence electrons. The fraction of sp³-hybridized carbons (Fsp3) is 0. The van der Waals surface area contributed by atoms with E-state index in [1.165, 1.54) is 0 Å². The van der Waals surface area contributed by atoms with E-state index in [1.807, 2.05) is 0 Å². The molecular formula is C2H4FN. The van der Waals surface area contributed by atoms with Crippen molar-refractivity contribution < 1.29 is 4.39 Å². The Morgan fingerprint density at radius 3 is 2.00 bits per heavy atom. The molecule has 0 fully saturated rings. The van der Waals surface area contributed by atoms with Crippen LogP contribution in [0.25, 0.3) is 0 Å². The highest BCUT2D eigenvalue weighted by atomic mass is 19.1. The molecule has 0 saturated carbocycles. The maximum Gasteiger partial charge on any atom is 0.177 e. The summed E-state index contributed by atoms with van der Waals surface area (Å²) in [7, 11) is 0. The third kappa shape index (κ3) is 1.16. The maximum atomic E-state index is 10.6. The first-order valence-corrected chi connectivity index (χ1v) is 0.831. The van der Waals surface area contributed by atoms with Crippen LogP contribution in [0, 0.1) is 0 Å². The summed E-state index contributed by atoms with van der Waals surface area (Å²) in [6.07, 6.45) is 0. The van der Waals surface area contributed by atoms with Gasteiger partial charge in [-0.2, -0.15) is 4.39 Å². The van der Waals surface area contributed by atoms with E-state index in [9.17, 15) is 4.39 Å². The zero-order chi connectivity index (χ0) is 3.58. The highest BCUT2D eigenvalue weighted by molar-refractivity contribution is 4.65. The van der Waals surface area contributed by atoms with Crippen molar-refractivity contribution in [1.82, 2.24) is 0 Å². The molecule has 0 rings (SSSR count). The van der Waals surface area contributed by atoms with E-state index >= 15 is 0 Å². The summed E-state index contributed by atoms with van der Waals surface area (Å²) in [5.74, 6) is -0.833. The monoisotopic (exact) mass is 61.0 g/mol. The third-order valence-electron chi connectivity index (χ3n) is 0. The van der Waals surface area contributed by atoms with E-state index in [0.29, 0.717) is 0 Å². The summed E-state index contributed by atoms with van der Waals surface area (Å²) in [6.45, 7) is 2.67. The second-order valence-electron chi connectivity index (χ2n) is 0.447. The highest BCUT2D eigenvalue weighted by Crippen LogP contribution is 1.66. The Bertz CT molecular complexity index is 29.0. The van der Waals surface area contributed by atoms with E-state index < -0.39 is 5.95 Å². The molecule has 0 spiro atoms. The molecular weight excluding hydrogens is 57.0 g/mol. The molecule has 2 N–H and O–H groups in total. The van der Waals surface area contributed by atoms with Gasteiger partial charge in [0.05, 0.1) is 0 Å². The molecule has 0 bridgehead atoms. The molecule has 0 atom stereocenters. The molecule has 4 heavy (non-hydrogen) atoms. The van der Waals surface area contributed by atoms with Crippen molar-refractivity contribution in [3.8, 4) is 0 Å². The molecule has 0 aliphatic heterocycles. The standard InChI is InChI=1S/C2H4FN/c1-2(3)4/h1,4H2. The van der Waals surface area contributed by atoms with Gasteiger partial charge in [0.15, 0.2) is 5.95 Å². The van der Waals surface area contributed by atoms with Crippen LogP contribution < -0.4 is 5.73 Å². The summed E-state index contributed by atoms with van der Waals surface area (Å²) >= 11 is 0. The highest BCUT2D eigenvalue weighted by Gasteiger charge is 1.57. The van der Waals surface area contributed by atoms with E-state index in [1.54, 1.807) is 0 Å². The lowest BCUT2D eigenvalue weighted by Crippen LogP contribution is -1.81. The van der Waals surface area contributed by atoms with Gasteiger partial charge in [-0.05, 0) is 6.58 Å². The fourth-order valence-corrected chi connectivity index (χ4v) is 0. The maximum absolute atomic E-state index is 10.6. The van der Waals surface area contributed by atoms with Crippen LogP contribution >= 0.6 is 0 Å². The smallest absolute Gasteiger partial charge is 0.177 e. The van der Waals surface area contributed by atoms with Crippen molar-refractivity contribution in [2.75, 3.05) is 0 Å². The van der Waals surface area contributed by atoms with Crippen molar-refractivity contribution in [2.24, 2.45) is 5.73 Å². The Morgan fingerprint density at radius 2 is 2.00 bits per heavy atom. The molecule has 0 aromatic rings. The van der Waals surface area contributed by atoms with Gasteiger partial charge in [-0.15, -0.1) is 0 Å². The molecule has 0 unspecified atom stereocenters. The van der Waals surface area contributed by atoms with Crippen molar-refractivity contribution in [3.05, 3.63) is 12.5 Å². The largest absolute Gasteiger partial charge is 0.376 e. The van der Waals surface area contributed by atoms with E-state index in [2.05, 4.69) is 12.3 Å². The lowest BCUT2D eigenvalue weighted by molar-refractivity contribution is 0.631. The molecule has 0 heterocycles. The SMILES string of the molecule is C=C(N)F. The van der Waals surface area contributed by atoms with E-state index in [-0.39, 0.29) is 0 Å². The van der Waals surface area contributed by atoms with Gasteiger partial charge in [-0.1, -0.05) is 0 Å². The Hall–Kier alpha value is -0.530. The van der Waals surface area contributed by atoms with Gasteiger partial charge in [0.25, 0.3) is 0 Å². The van der Waals surface area contributed by atoms with Crippen LogP contribution in [-0.2, 0) is 0 Å². The van der Waals surface area contributed by atoms with Crippen LogP contribution in [0.5, 0.6) is 0 Å². The molecule has 0 saturated heterocycles. The van der Waals surface area contributed by atoms with Crippen LogP contribution in [-0.4, -0.2) is 0 Å². The van der Waals surface area contributed by atoms with Crippen LogP contribution in [0.1, 0.15) is 0 Å². The van der Waals surface area contributed by atoms with Gasteiger partial charge in [0.2, 0.25) is 0 Å². The van der Waals surface area contributed by atoms with Crippen LogP contribution in [0.2, 0.25) is 0 Å². The van der Waals surface area contributed by atoms with Gasteiger partial charge in [0.1, 0.15) is 0 Å². The van der Waals surface area contributed by atoms with Gasteiger partial charge >= 0.3 is 0 Å². The Labute approximate surface area is 23.9 Å². The summed E-state index contributed by atoms with van der Waals surface area (Å²) in [4.78, 5) is 0. The predicted molar refractivity (Wildman–Crippen MR) is 14.4 cm³/mol. The van der Waals surface area contributed by atoms with Crippen molar-refractivity contribution in [1.29, 1.82) is 0 Å². The number of hydrogen-bond donors (Lipinski definition) is 1. The predicted octanol–water partition coefficient (Wildman–Crippen LogP) is 0.386. The average Bonchev–Trinajstić information content (AvgIpc) is 0.811. The Morgan fingerprint density at radius 1 is 2.00 bits per heavy atom. The molecule has 0 amide bonds. The van der Waals surface area contributed by atoms with Crippen molar-refractivity contribution in [2.45, 2.75) is 0 Å². The van der Waals surface area contributed by atoms with E-state index in [4.69, 9.17) is 0 Å². The molecule has 1 nitrogen and oxygen atoms in total. The number of halogens is 1. The molecule has 0 aromatic heterocycles. The summed E-state index contributed by atoms with van der Waals surface area (Å²) in [5.41, 5.74) is 4.25. The Kier molecular flexibility index (Phi) is 0.759. The molecule has 0 aliphatic rings. The molecule has 2 heteroatoms. The zero-order valence-corrected chi connectivity index (χ0v) is 2.16. The second-order valence-corrected chi connectivity index (χ2v) is 0.447. The first kappa shape index (κ1) is 3.47. The molecule has 0 aromatic carbocycles. The summed E-state index contributed by atoms with van der Waals surface area (Å²) in [6, 6.07) is 0. The van der Waals surface area contributed by atoms with Gasteiger partial charge in [0, 0.05) is 0 Å². The minimum Gasteiger partial charge on any atom is -0.376 e. The van der Waals surface area contributed by atoms with E-state index in [0.717, 1.165) is 0 Å². The second kappa shape index (κ2) is 0.875. The number of nitrogens with two attached hydrogens (primary N) is 1. The summed E-state index contributed by atoms with van der Waals surface area (Å²) < 4.78 is 10.6. The normalized spacial score (nSPS) is 6.25. The van der Waals surface area contributed by atoms with Gasteiger partial charge in [-0.3, -0.25) is 0 Å². The van der Waals surface area contributed by atoms with Crippen LogP contribution in [0.15, 0.2) is 12.5 Å². The summed E-state index contributed by atoms with van der Waals surface area (Å²) in [5, 5.41) is 0. The fourth-order valence-electron chi connectivity index (χ4n) is 0. The van der Waals surface area contributed by atoms with Crippen LogP contribution in [0.4, 0.5) is 4.39 Å². The lowest BCUT2D eigenvalue weighted by Gasteiger charge is -1.63. The number of hydrogen-bond acceptors (Lipinski definition) is 1. The third-order valence-corrected chi connectivity index (χ3v) is 0. The minimum absolute atomic E-state index is 0.833. The molecule has 0 radical (unpaired) electrons. The average molecular weight is 61.1 g/mol. The minimum atomic E-state index is -0.833. The van der Waals surface area contributed by atoms with Gasteiger partial charge < -0.3 is 5.73 Å². The zero-order valence-electron chi connectivity index (χ0n) is 2.16. The topological polar surface area (TPSA) is 26.0 Å².